The lowest BCUT2D eigenvalue weighted by molar-refractivity contribution is -0.604. The number of halogens is 2. The number of hydrogen-bond donors (Lipinski definition) is 2. The summed E-state index contributed by atoms with van der Waals surface area (Å²) < 4.78 is 28.6. The van der Waals surface area contributed by atoms with Crippen molar-refractivity contribution in [3.05, 3.63) is 87.8 Å². The minimum absolute atomic E-state index is 0.0234. The number of pyridine rings is 1. The van der Waals surface area contributed by atoms with E-state index in [2.05, 4.69) is 5.32 Å². The summed E-state index contributed by atoms with van der Waals surface area (Å²) in [5.41, 5.74) is 0.609. The molecule has 0 saturated carbocycles. The Morgan fingerprint density at radius 3 is 2.39 bits per heavy atom. The van der Waals surface area contributed by atoms with Crippen LogP contribution in [0.1, 0.15) is 25.3 Å². The van der Waals surface area contributed by atoms with E-state index < -0.39 is 33.5 Å². The highest BCUT2D eigenvalue weighted by atomic mass is 35.5. The highest BCUT2D eigenvalue weighted by Gasteiger charge is 2.50. The van der Waals surface area contributed by atoms with Crippen molar-refractivity contribution in [3.8, 4) is 11.1 Å². The van der Waals surface area contributed by atoms with Gasteiger partial charge in [-0.2, -0.15) is 9.04 Å². The Labute approximate surface area is 230 Å². The molecule has 38 heavy (non-hydrogen) atoms. The summed E-state index contributed by atoms with van der Waals surface area (Å²) in [6.45, 7) is 1.56. The van der Waals surface area contributed by atoms with Crippen molar-refractivity contribution in [2.45, 2.75) is 42.7 Å². The van der Waals surface area contributed by atoms with Crippen molar-refractivity contribution in [2.24, 2.45) is 0 Å². The number of aromatic nitrogens is 1. The molecule has 2 aromatic carbocycles. The Kier molecular flexibility index (Phi) is 7.98. The first-order valence-electron chi connectivity index (χ1n) is 11.7. The molecule has 1 aromatic heterocycles. The fourth-order valence-corrected chi connectivity index (χ4v) is 7.10. The van der Waals surface area contributed by atoms with Crippen LogP contribution in [0.5, 0.6) is 0 Å². The molecule has 1 fully saturated rings. The van der Waals surface area contributed by atoms with E-state index in [1.807, 2.05) is 0 Å². The van der Waals surface area contributed by atoms with Crippen LogP contribution in [0, 0.1) is 5.21 Å². The number of carbonyl (C=O) groups excluding carboxylic acids is 1. The molecule has 3 aromatic rings. The molecule has 1 aliphatic heterocycles. The number of carboxylic acid groups (broad SMARTS) is 1. The number of carbonyl (C=O) groups is 2. The van der Waals surface area contributed by atoms with E-state index in [0.29, 0.717) is 22.3 Å². The van der Waals surface area contributed by atoms with Crippen LogP contribution in [0.4, 0.5) is 0 Å². The molecule has 1 unspecified atom stereocenters. The Balaban J connectivity index is 1.53. The number of hydrogen-bond acceptors (Lipinski definition) is 5. The van der Waals surface area contributed by atoms with Gasteiger partial charge in [-0.1, -0.05) is 47.5 Å². The molecule has 200 valence electrons. The highest BCUT2D eigenvalue weighted by Crippen LogP contribution is 2.36. The zero-order valence-electron chi connectivity index (χ0n) is 20.3. The molecule has 0 bridgehead atoms. The summed E-state index contributed by atoms with van der Waals surface area (Å²) in [5.74, 6) is -1.96. The predicted octanol–water partition coefficient (Wildman–Crippen LogP) is 3.65. The third-order valence-electron chi connectivity index (χ3n) is 6.59. The molecular weight excluding hydrogens is 553 g/mol. The largest absolute Gasteiger partial charge is 0.619 e. The minimum atomic E-state index is -4.15. The van der Waals surface area contributed by atoms with Crippen LogP contribution >= 0.6 is 23.2 Å². The first kappa shape index (κ1) is 27.8. The second-order valence-electron chi connectivity index (χ2n) is 9.28. The molecule has 0 aliphatic carbocycles. The molecule has 9 nitrogen and oxygen atoms in total. The molecule has 2 N–H and O–H groups in total. The van der Waals surface area contributed by atoms with Crippen molar-refractivity contribution >= 4 is 45.1 Å². The molecule has 12 heteroatoms. The van der Waals surface area contributed by atoms with Crippen LogP contribution in [0.3, 0.4) is 0 Å². The Hall–Kier alpha value is -3.18. The lowest BCUT2D eigenvalue weighted by atomic mass is 9.97. The summed E-state index contributed by atoms with van der Waals surface area (Å²) in [6.07, 6.45) is 3.40. The van der Waals surface area contributed by atoms with Gasteiger partial charge in [-0.15, -0.1) is 0 Å². The van der Waals surface area contributed by atoms with Gasteiger partial charge in [0.05, 0.1) is 4.90 Å². The number of aliphatic carboxylic acids is 1. The van der Waals surface area contributed by atoms with Crippen molar-refractivity contribution in [1.29, 1.82) is 0 Å². The van der Waals surface area contributed by atoms with Gasteiger partial charge >= 0.3 is 5.97 Å². The van der Waals surface area contributed by atoms with Gasteiger partial charge in [0.2, 0.25) is 15.9 Å². The Bertz CT molecular complexity index is 1460. The van der Waals surface area contributed by atoms with Gasteiger partial charge < -0.3 is 15.6 Å². The maximum Gasteiger partial charge on any atom is 0.326 e. The topological polar surface area (TPSA) is 131 Å². The maximum absolute atomic E-state index is 13.4. The maximum atomic E-state index is 13.4. The van der Waals surface area contributed by atoms with Crippen LogP contribution in [0.25, 0.3) is 11.1 Å². The van der Waals surface area contributed by atoms with E-state index in [4.69, 9.17) is 23.2 Å². The fraction of sp³-hybridized carbons (Fsp3) is 0.269. The SMILES string of the molecule is C[C@@]1(C(=O)NC(Cc2ccc(-c3ccc[n+]([O-])c3)cc2)C(=O)O)CCCN1S(=O)(=O)c1cc(Cl)cc(Cl)c1. The molecule has 2 heterocycles. The summed E-state index contributed by atoms with van der Waals surface area (Å²) in [4.78, 5) is 25.3. The van der Waals surface area contributed by atoms with E-state index in [9.17, 15) is 28.3 Å². The standard InChI is InChI=1S/C26H25Cl2N3O6S/c1-26(9-3-11-31(26)38(36,37)22-14-20(27)13-21(28)15-22)25(34)29-23(24(32)33)12-17-5-7-18(8-6-17)19-4-2-10-30(35)16-19/h2,4-8,10,13-16,23H,3,9,11-12H2,1H3,(H,29,34)(H,32,33)/t23?,26-/m0/s1. The van der Waals surface area contributed by atoms with Crippen LogP contribution in [-0.2, 0) is 26.0 Å². The summed E-state index contributed by atoms with van der Waals surface area (Å²) >= 11 is 12.0. The lowest BCUT2D eigenvalue weighted by Gasteiger charge is -2.34. The third-order valence-corrected chi connectivity index (χ3v) is 9.03. The van der Waals surface area contributed by atoms with Gasteiger partial charge in [0.15, 0.2) is 12.4 Å². The van der Waals surface area contributed by atoms with E-state index in [-0.39, 0.29) is 34.3 Å². The predicted molar refractivity (Wildman–Crippen MR) is 142 cm³/mol. The van der Waals surface area contributed by atoms with Crippen molar-refractivity contribution in [3.63, 3.8) is 0 Å². The average Bonchev–Trinajstić information content (AvgIpc) is 3.27. The number of nitrogens with zero attached hydrogens (tertiary/aromatic N) is 2. The zero-order valence-corrected chi connectivity index (χ0v) is 22.6. The van der Waals surface area contributed by atoms with E-state index in [1.165, 1.54) is 37.5 Å². The van der Waals surface area contributed by atoms with Crippen LogP contribution in [0.2, 0.25) is 10.0 Å². The number of sulfonamides is 1. The molecule has 4 rings (SSSR count). The van der Waals surface area contributed by atoms with Crippen molar-refractivity contribution < 1.29 is 27.8 Å². The molecule has 1 saturated heterocycles. The summed E-state index contributed by atoms with van der Waals surface area (Å²) in [6, 6.07) is 13.0. The van der Waals surface area contributed by atoms with Crippen molar-refractivity contribution in [1.82, 2.24) is 9.62 Å². The molecule has 0 radical (unpaired) electrons. The quantitative estimate of drug-likeness (QED) is 0.310. The zero-order chi connectivity index (χ0) is 27.7. The van der Waals surface area contributed by atoms with Crippen LogP contribution in [0.15, 0.2) is 71.9 Å². The number of rotatable bonds is 8. The third kappa shape index (κ3) is 5.78. The summed E-state index contributed by atoms with van der Waals surface area (Å²) in [7, 11) is -4.15. The number of nitrogens with one attached hydrogen (secondary N) is 1. The minimum Gasteiger partial charge on any atom is -0.619 e. The van der Waals surface area contributed by atoms with Gasteiger partial charge in [-0.3, -0.25) is 4.79 Å². The highest BCUT2D eigenvalue weighted by molar-refractivity contribution is 7.89. The van der Waals surface area contributed by atoms with Gasteiger partial charge in [0.1, 0.15) is 11.6 Å². The number of amides is 1. The number of carboxylic acids is 1. The normalized spacial score (nSPS) is 18.7. The second kappa shape index (κ2) is 10.9. The van der Waals surface area contributed by atoms with E-state index >= 15 is 0 Å². The van der Waals surface area contributed by atoms with Gasteiger partial charge in [0.25, 0.3) is 0 Å². The second-order valence-corrected chi connectivity index (χ2v) is 12.0. The molecule has 1 aliphatic rings. The number of benzene rings is 2. The lowest BCUT2D eigenvalue weighted by Crippen LogP contribution is -2.58. The first-order chi connectivity index (χ1) is 17.9. The monoisotopic (exact) mass is 577 g/mol. The Morgan fingerprint density at radius 2 is 1.79 bits per heavy atom. The van der Waals surface area contributed by atoms with Gasteiger partial charge in [-0.25, -0.2) is 13.2 Å². The van der Waals surface area contributed by atoms with Gasteiger partial charge in [0, 0.05) is 34.6 Å². The van der Waals surface area contributed by atoms with E-state index in [0.717, 1.165) is 9.87 Å². The summed E-state index contributed by atoms with van der Waals surface area (Å²) in [5, 5.41) is 24.2. The molecule has 2 atom stereocenters. The molecular formula is C26H25Cl2N3O6S. The molecule has 1 amide bonds. The van der Waals surface area contributed by atoms with Crippen LogP contribution < -0.4 is 10.0 Å². The van der Waals surface area contributed by atoms with Crippen LogP contribution in [-0.4, -0.2) is 47.8 Å². The van der Waals surface area contributed by atoms with E-state index in [1.54, 1.807) is 36.4 Å². The smallest absolute Gasteiger partial charge is 0.326 e. The first-order valence-corrected chi connectivity index (χ1v) is 13.9. The molecule has 0 spiro atoms. The Morgan fingerprint density at radius 1 is 1.13 bits per heavy atom. The average molecular weight is 578 g/mol. The van der Waals surface area contributed by atoms with Crippen molar-refractivity contribution in [2.75, 3.05) is 6.54 Å². The fourth-order valence-electron chi connectivity index (χ4n) is 4.56. The van der Waals surface area contributed by atoms with Gasteiger partial charge in [-0.05, 0) is 55.2 Å².